The second kappa shape index (κ2) is 17.6. The lowest BCUT2D eigenvalue weighted by molar-refractivity contribution is 0.239. The van der Waals surface area contributed by atoms with Crippen molar-refractivity contribution < 1.29 is 17.7 Å². The van der Waals surface area contributed by atoms with E-state index in [0.717, 1.165) is 18.1 Å². The van der Waals surface area contributed by atoms with Gasteiger partial charge in [0, 0.05) is 28.4 Å². The van der Waals surface area contributed by atoms with Gasteiger partial charge in [-0.25, -0.2) is 0 Å². The van der Waals surface area contributed by atoms with Gasteiger partial charge in [0.1, 0.15) is 0 Å². The Bertz CT molecular complexity index is 200. The molecule has 0 saturated heterocycles. The fourth-order valence-electron chi connectivity index (χ4n) is 2.21. The molecule has 0 radical (unpaired) electrons. The van der Waals surface area contributed by atoms with Gasteiger partial charge in [-0.3, -0.25) is 0 Å². The van der Waals surface area contributed by atoms with Gasteiger partial charge in [0.05, 0.1) is 0 Å². The van der Waals surface area contributed by atoms with Crippen LogP contribution in [0.2, 0.25) is 18.1 Å². The van der Waals surface area contributed by atoms with Gasteiger partial charge in [-0.2, -0.15) is 0 Å². The summed E-state index contributed by atoms with van der Waals surface area (Å²) in [5, 5.41) is 0. The van der Waals surface area contributed by atoms with E-state index in [-0.39, 0.29) is 0 Å². The van der Waals surface area contributed by atoms with Crippen molar-refractivity contribution in [3.63, 3.8) is 0 Å². The maximum Gasteiger partial charge on any atom is 0.337 e. The lowest BCUT2D eigenvalue weighted by atomic mass is 10.4. The number of hydrogen-bond donors (Lipinski definition) is 0. The number of unbranched alkanes of at least 4 members (excludes halogenated alkanes) is 3. The van der Waals surface area contributed by atoms with E-state index in [9.17, 15) is 0 Å². The van der Waals surface area contributed by atoms with Crippen molar-refractivity contribution in [1.82, 2.24) is 0 Å². The molecule has 0 heterocycles. The first kappa shape index (κ1) is 24.5. The highest BCUT2D eigenvalue weighted by Crippen LogP contribution is 2.22. The summed E-state index contributed by atoms with van der Waals surface area (Å²) in [4.78, 5) is 0. The predicted octanol–water partition coefficient (Wildman–Crippen LogP) is 4.62. The lowest BCUT2D eigenvalue weighted by Gasteiger charge is -2.27. The zero-order valence-corrected chi connectivity index (χ0v) is 18.2. The summed E-state index contributed by atoms with van der Waals surface area (Å²) in [5.41, 5.74) is 0. The highest BCUT2D eigenvalue weighted by Gasteiger charge is 2.33. The lowest BCUT2D eigenvalue weighted by Crippen LogP contribution is -2.39. The van der Waals surface area contributed by atoms with Crippen LogP contribution in [0, 0.1) is 0 Å². The molecular weight excluding hydrogens is 312 g/mol. The van der Waals surface area contributed by atoms with Crippen LogP contribution in [-0.4, -0.2) is 46.3 Å². The zero-order valence-electron chi connectivity index (χ0n) is 16.1. The molecule has 0 amide bonds. The maximum atomic E-state index is 5.61. The third-order valence-electron chi connectivity index (χ3n) is 3.89. The van der Waals surface area contributed by atoms with Crippen LogP contribution in [0.5, 0.6) is 0 Å². The average Bonchev–Trinajstić information content (AvgIpc) is 2.57. The Morgan fingerprint density at radius 2 is 1.09 bits per heavy atom. The van der Waals surface area contributed by atoms with E-state index >= 15 is 0 Å². The van der Waals surface area contributed by atoms with E-state index in [1.807, 2.05) is 0 Å². The maximum absolute atomic E-state index is 5.61. The van der Waals surface area contributed by atoms with Gasteiger partial charge in [0.2, 0.25) is 0 Å². The van der Waals surface area contributed by atoms with Crippen molar-refractivity contribution in [2.24, 2.45) is 0 Å². The Kier molecular flexibility index (Phi) is 19.6. The van der Waals surface area contributed by atoms with Gasteiger partial charge in [-0.15, -0.1) is 0 Å². The molecule has 0 unspecified atom stereocenters. The minimum atomic E-state index is -1.79. The minimum absolute atomic E-state index is 1.14. The second-order valence-corrected chi connectivity index (χ2v) is 11.6. The summed E-state index contributed by atoms with van der Waals surface area (Å²) in [6.07, 6.45) is 7.39. The van der Waals surface area contributed by atoms with Crippen LogP contribution >= 0.6 is 0 Å². The molecule has 136 valence electrons. The van der Waals surface area contributed by atoms with Gasteiger partial charge in [-0.1, -0.05) is 59.3 Å². The van der Waals surface area contributed by atoms with Crippen molar-refractivity contribution in [2.45, 2.75) is 77.4 Å². The van der Waals surface area contributed by atoms with Crippen LogP contribution in [0.1, 0.15) is 59.3 Å². The molecule has 0 N–H and O–H groups in total. The SMILES string of the molecule is CCCC[SiH](OC)OC.CCCC[Si](CCCC)(OC)OC. The fourth-order valence-corrected chi connectivity index (χ4v) is 6.63. The molecule has 0 aliphatic rings. The Morgan fingerprint density at radius 1 is 0.682 bits per heavy atom. The van der Waals surface area contributed by atoms with Crippen molar-refractivity contribution in [1.29, 1.82) is 0 Å². The van der Waals surface area contributed by atoms with Crippen molar-refractivity contribution >= 4 is 17.8 Å². The Balaban J connectivity index is 0. The van der Waals surface area contributed by atoms with Crippen molar-refractivity contribution in [2.75, 3.05) is 28.4 Å². The number of rotatable bonds is 13. The summed E-state index contributed by atoms with van der Waals surface area (Å²) in [7, 11) is 4.08. The summed E-state index contributed by atoms with van der Waals surface area (Å²) >= 11 is 0. The molecule has 0 aliphatic carbocycles. The topological polar surface area (TPSA) is 36.9 Å². The molecule has 0 spiro atoms. The van der Waals surface area contributed by atoms with Gasteiger partial charge in [0.25, 0.3) is 0 Å². The molecule has 4 nitrogen and oxygen atoms in total. The molecule has 0 aliphatic heterocycles. The quantitative estimate of drug-likeness (QED) is 0.453. The molecule has 0 aromatic carbocycles. The fraction of sp³-hybridized carbons (Fsp3) is 1.00. The highest BCUT2D eigenvalue weighted by atomic mass is 28.4. The number of hydrogen-bond acceptors (Lipinski definition) is 4. The van der Waals surface area contributed by atoms with E-state index in [4.69, 9.17) is 17.7 Å². The Hall–Kier alpha value is 0.274. The van der Waals surface area contributed by atoms with Crippen LogP contribution < -0.4 is 0 Å². The van der Waals surface area contributed by atoms with Gasteiger partial charge >= 0.3 is 17.8 Å². The molecular formula is C16H40O4Si2. The molecule has 0 rings (SSSR count). The molecule has 0 fully saturated rings. The predicted molar refractivity (Wildman–Crippen MR) is 100 cm³/mol. The molecule has 0 saturated carbocycles. The van der Waals surface area contributed by atoms with Crippen LogP contribution in [0.3, 0.4) is 0 Å². The second-order valence-electron chi connectivity index (χ2n) is 5.57. The van der Waals surface area contributed by atoms with Crippen LogP contribution in [0.4, 0.5) is 0 Å². The Labute approximate surface area is 142 Å². The minimum Gasteiger partial charge on any atom is -0.400 e. The first-order valence-corrected chi connectivity index (χ1v) is 12.7. The van der Waals surface area contributed by atoms with Crippen LogP contribution in [0.25, 0.3) is 0 Å². The van der Waals surface area contributed by atoms with Gasteiger partial charge in [-0.05, 0) is 18.1 Å². The van der Waals surface area contributed by atoms with Crippen LogP contribution in [0.15, 0.2) is 0 Å². The summed E-state index contributed by atoms with van der Waals surface area (Å²) in [6.45, 7) is 6.60. The van der Waals surface area contributed by atoms with Crippen LogP contribution in [-0.2, 0) is 17.7 Å². The van der Waals surface area contributed by atoms with Gasteiger partial charge in [0.15, 0.2) is 0 Å². The normalized spacial score (nSPS) is 11.5. The van der Waals surface area contributed by atoms with E-state index in [0.29, 0.717) is 0 Å². The molecule has 6 heteroatoms. The van der Waals surface area contributed by atoms with E-state index in [2.05, 4.69) is 20.8 Å². The smallest absolute Gasteiger partial charge is 0.337 e. The molecule has 0 aromatic rings. The molecule has 0 atom stereocenters. The molecule has 0 aromatic heterocycles. The third kappa shape index (κ3) is 12.8. The standard InChI is InChI=1S/C10H24O2Si.C6H16O2Si/c1-5-7-9-13(11-3,12-4)10-8-6-2;1-4-5-6-9(7-2)8-3/h5-10H2,1-4H3;9H,4-6H2,1-3H3. The summed E-state index contributed by atoms with van der Waals surface area (Å²) in [5.74, 6) is 0. The first-order chi connectivity index (χ1) is 10.6. The highest BCUT2D eigenvalue weighted by molar-refractivity contribution is 6.67. The van der Waals surface area contributed by atoms with E-state index in [1.54, 1.807) is 28.4 Å². The monoisotopic (exact) mass is 352 g/mol. The van der Waals surface area contributed by atoms with Crippen molar-refractivity contribution in [3.8, 4) is 0 Å². The third-order valence-corrected chi connectivity index (χ3v) is 9.54. The van der Waals surface area contributed by atoms with Crippen molar-refractivity contribution in [3.05, 3.63) is 0 Å². The Morgan fingerprint density at radius 3 is 1.36 bits per heavy atom. The largest absolute Gasteiger partial charge is 0.400 e. The zero-order chi connectivity index (χ0) is 17.3. The van der Waals surface area contributed by atoms with E-state index < -0.39 is 17.8 Å². The van der Waals surface area contributed by atoms with E-state index in [1.165, 1.54) is 38.5 Å². The van der Waals surface area contributed by atoms with Gasteiger partial charge < -0.3 is 17.7 Å². The first-order valence-electron chi connectivity index (χ1n) is 8.75. The molecule has 0 bridgehead atoms. The molecule has 22 heavy (non-hydrogen) atoms. The average molecular weight is 353 g/mol. The summed E-state index contributed by atoms with van der Waals surface area (Å²) in [6, 6.07) is 3.44. The summed E-state index contributed by atoms with van der Waals surface area (Å²) < 4.78 is 21.5.